The molecular weight excluding hydrogens is 414 g/mol. The molecule has 7 heteroatoms. The molecule has 1 aromatic heterocycles. The van der Waals surface area contributed by atoms with Crippen molar-refractivity contribution in [2.75, 3.05) is 6.61 Å². The van der Waals surface area contributed by atoms with Gasteiger partial charge in [-0.25, -0.2) is 0 Å². The lowest BCUT2D eigenvalue weighted by atomic mass is 9.78. The first-order chi connectivity index (χ1) is 16.0. The van der Waals surface area contributed by atoms with Crippen LogP contribution in [0.1, 0.15) is 68.5 Å². The van der Waals surface area contributed by atoms with Crippen molar-refractivity contribution < 1.29 is 9.53 Å². The zero-order chi connectivity index (χ0) is 23.3. The van der Waals surface area contributed by atoms with E-state index in [1.54, 1.807) is 0 Å². The van der Waals surface area contributed by atoms with E-state index < -0.39 is 5.54 Å². The van der Waals surface area contributed by atoms with E-state index >= 15 is 0 Å². The lowest BCUT2D eigenvalue weighted by Gasteiger charge is -2.37. The number of ether oxygens (including phenoxy) is 1. The van der Waals surface area contributed by atoms with Gasteiger partial charge in [0.1, 0.15) is 5.75 Å². The molecule has 0 bridgehead atoms. The van der Waals surface area contributed by atoms with Crippen LogP contribution < -0.4 is 10.1 Å². The molecule has 0 fully saturated rings. The third-order valence-electron chi connectivity index (χ3n) is 6.18. The van der Waals surface area contributed by atoms with Crippen molar-refractivity contribution in [2.24, 2.45) is 0 Å². The second-order valence-electron chi connectivity index (χ2n) is 8.85. The van der Waals surface area contributed by atoms with E-state index in [2.05, 4.69) is 32.9 Å². The SMILES string of the molecule is CCCCCCOc1ccc([C@]2(C)CC(c3ccc(C)cc3)=C(c3nn[nH]n3)C(=O)N2)cc1. The molecule has 0 aliphatic carbocycles. The monoisotopic (exact) mass is 445 g/mol. The van der Waals surface area contributed by atoms with E-state index in [9.17, 15) is 4.79 Å². The van der Waals surface area contributed by atoms with Crippen LogP contribution >= 0.6 is 0 Å². The molecule has 1 atom stereocenters. The summed E-state index contributed by atoms with van der Waals surface area (Å²) in [4.78, 5) is 13.3. The molecule has 1 aliphatic rings. The average molecular weight is 446 g/mol. The van der Waals surface area contributed by atoms with Crippen molar-refractivity contribution in [1.82, 2.24) is 25.9 Å². The van der Waals surface area contributed by atoms with Crippen LogP contribution in [0.5, 0.6) is 5.75 Å². The molecule has 2 N–H and O–H groups in total. The van der Waals surface area contributed by atoms with Gasteiger partial charge in [0.2, 0.25) is 5.82 Å². The Morgan fingerprint density at radius 1 is 1.03 bits per heavy atom. The molecule has 4 rings (SSSR count). The fourth-order valence-electron chi connectivity index (χ4n) is 4.25. The number of aromatic amines is 1. The van der Waals surface area contributed by atoms with Crippen LogP contribution in [0.2, 0.25) is 0 Å². The number of H-pyrrole nitrogens is 1. The standard InChI is InChI=1S/C26H31N5O2/c1-4-5-6-7-16-33-21-14-12-20(13-15-21)26(3)17-22(19-10-8-18(2)9-11-19)23(25(32)27-26)24-28-30-31-29-24/h8-15H,4-7,16-17H2,1-3H3,(H,27,32)(H,28,29,30,31)/t26-/m0/s1. The molecule has 33 heavy (non-hydrogen) atoms. The van der Waals surface area contributed by atoms with E-state index in [0.717, 1.165) is 41.0 Å². The first-order valence-electron chi connectivity index (χ1n) is 11.6. The van der Waals surface area contributed by atoms with E-state index in [1.807, 2.05) is 62.4 Å². The first kappa shape index (κ1) is 22.7. The third-order valence-corrected chi connectivity index (χ3v) is 6.18. The molecule has 0 unspecified atom stereocenters. The van der Waals surface area contributed by atoms with Crippen LogP contribution in [-0.4, -0.2) is 33.1 Å². The molecule has 7 nitrogen and oxygen atoms in total. The van der Waals surface area contributed by atoms with Gasteiger partial charge in [0.05, 0.1) is 17.7 Å². The highest BCUT2D eigenvalue weighted by Crippen LogP contribution is 2.41. The fraction of sp³-hybridized carbons (Fsp3) is 0.385. The maximum atomic E-state index is 13.3. The molecule has 1 aliphatic heterocycles. The predicted molar refractivity (Wildman–Crippen MR) is 128 cm³/mol. The fourth-order valence-corrected chi connectivity index (χ4v) is 4.25. The number of aromatic nitrogens is 4. The number of nitrogens with zero attached hydrogens (tertiary/aromatic N) is 3. The van der Waals surface area contributed by atoms with E-state index in [0.29, 0.717) is 17.8 Å². The largest absolute Gasteiger partial charge is 0.494 e. The Balaban J connectivity index is 1.60. The topological polar surface area (TPSA) is 92.8 Å². The summed E-state index contributed by atoms with van der Waals surface area (Å²) in [7, 11) is 0. The van der Waals surface area contributed by atoms with Crippen LogP contribution in [0.15, 0.2) is 48.5 Å². The summed E-state index contributed by atoms with van der Waals surface area (Å²) in [6, 6.07) is 16.2. The zero-order valence-corrected chi connectivity index (χ0v) is 19.5. The Hall–Kier alpha value is -3.48. The summed E-state index contributed by atoms with van der Waals surface area (Å²) >= 11 is 0. The van der Waals surface area contributed by atoms with Gasteiger partial charge >= 0.3 is 0 Å². The normalized spacial score (nSPS) is 18.3. The molecule has 0 spiro atoms. The van der Waals surface area contributed by atoms with Crippen molar-refractivity contribution in [3.8, 4) is 5.75 Å². The van der Waals surface area contributed by atoms with Gasteiger partial charge in [0, 0.05) is 6.42 Å². The van der Waals surface area contributed by atoms with Crippen molar-refractivity contribution in [2.45, 2.75) is 58.4 Å². The summed E-state index contributed by atoms with van der Waals surface area (Å²) < 4.78 is 5.89. The minimum atomic E-state index is -0.579. The minimum absolute atomic E-state index is 0.211. The van der Waals surface area contributed by atoms with Crippen LogP contribution in [0.4, 0.5) is 0 Å². The van der Waals surface area contributed by atoms with Crippen molar-refractivity contribution in [3.63, 3.8) is 0 Å². The lowest BCUT2D eigenvalue weighted by molar-refractivity contribution is -0.117. The summed E-state index contributed by atoms with van der Waals surface area (Å²) in [5, 5.41) is 17.5. The van der Waals surface area contributed by atoms with E-state index in [1.165, 1.54) is 19.3 Å². The number of hydrogen-bond acceptors (Lipinski definition) is 5. The molecule has 0 radical (unpaired) electrons. The Kier molecular flexibility index (Phi) is 6.87. The zero-order valence-electron chi connectivity index (χ0n) is 19.5. The number of tetrazole rings is 1. The van der Waals surface area contributed by atoms with Crippen LogP contribution in [0, 0.1) is 6.92 Å². The third kappa shape index (κ3) is 5.13. The number of hydrogen-bond donors (Lipinski definition) is 2. The highest BCUT2D eigenvalue weighted by Gasteiger charge is 2.39. The van der Waals surface area contributed by atoms with E-state index in [-0.39, 0.29) is 5.91 Å². The number of rotatable bonds is 9. The van der Waals surface area contributed by atoms with Crippen molar-refractivity contribution >= 4 is 17.1 Å². The predicted octanol–water partition coefficient (Wildman–Crippen LogP) is 4.81. The van der Waals surface area contributed by atoms with Crippen LogP contribution in [-0.2, 0) is 10.3 Å². The number of nitrogens with one attached hydrogen (secondary N) is 2. The number of carbonyl (C=O) groups is 1. The van der Waals surface area contributed by atoms with Crippen molar-refractivity contribution in [3.05, 3.63) is 71.0 Å². The maximum absolute atomic E-state index is 13.3. The van der Waals surface area contributed by atoms with Gasteiger partial charge < -0.3 is 10.1 Å². The summed E-state index contributed by atoms with van der Waals surface area (Å²) in [6.07, 6.45) is 5.31. The Bertz CT molecular complexity index is 1100. The molecule has 3 aromatic rings. The molecule has 2 heterocycles. The number of unbranched alkanes of at least 4 members (excludes halogenated alkanes) is 3. The second kappa shape index (κ2) is 9.98. The molecule has 0 saturated carbocycles. The molecule has 0 saturated heterocycles. The minimum Gasteiger partial charge on any atom is -0.494 e. The second-order valence-corrected chi connectivity index (χ2v) is 8.85. The summed E-state index contributed by atoms with van der Waals surface area (Å²) in [6.45, 7) is 7.02. The van der Waals surface area contributed by atoms with Gasteiger partial charge in [0.25, 0.3) is 5.91 Å². The van der Waals surface area contributed by atoms with Gasteiger partial charge in [-0.1, -0.05) is 68.1 Å². The maximum Gasteiger partial charge on any atom is 0.256 e. The number of carbonyl (C=O) groups excluding carboxylic acids is 1. The number of amides is 1. The Labute approximate surface area is 194 Å². The van der Waals surface area contributed by atoms with Crippen molar-refractivity contribution in [1.29, 1.82) is 0 Å². The highest BCUT2D eigenvalue weighted by atomic mass is 16.5. The smallest absolute Gasteiger partial charge is 0.256 e. The van der Waals surface area contributed by atoms with Crippen LogP contribution in [0.25, 0.3) is 11.1 Å². The lowest BCUT2D eigenvalue weighted by Crippen LogP contribution is -2.47. The number of benzene rings is 2. The molecule has 1 amide bonds. The van der Waals surface area contributed by atoms with Gasteiger partial charge in [-0.3, -0.25) is 4.79 Å². The van der Waals surface area contributed by atoms with Gasteiger partial charge in [-0.2, -0.15) is 5.21 Å². The number of aryl methyl sites for hydroxylation is 1. The Morgan fingerprint density at radius 2 is 1.79 bits per heavy atom. The molecule has 2 aromatic carbocycles. The van der Waals surface area contributed by atoms with Gasteiger partial charge in [0.15, 0.2) is 0 Å². The first-order valence-corrected chi connectivity index (χ1v) is 11.6. The summed E-state index contributed by atoms with van der Waals surface area (Å²) in [5.74, 6) is 0.941. The van der Waals surface area contributed by atoms with E-state index in [4.69, 9.17) is 4.74 Å². The Morgan fingerprint density at radius 3 is 2.45 bits per heavy atom. The van der Waals surface area contributed by atoms with Gasteiger partial charge in [-0.05, 0) is 54.3 Å². The molecule has 172 valence electrons. The average Bonchev–Trinajstić information content (AvgIpc) is 3.34. The van der Waals surface area contributed by atoms with Gasteiger partial charge in [-0.15, -0.1) is 10.2 Å². The quantitative estimate of drug-likeness (QED) is 0.461. The highest BCUT2D eigenvalue weighted by molar-refractivity contribution is 6.27. The van der Waals surface area contributed by atoms with Crippen LogP contribution in [0.3, 0.4) is 0 Å². The molecular formula is C26H31N5O2. The summed E-state index contributed by atoms with van der Waals surface area (Å²) in [5.41, 5.74) is 3.94.